The van der Waals surface area contributed by atoms with Crippen LogP contribution in [0.1, 0.15) is 23.6 Å². The maximum atomic E-state index is 4.58. The average molecular weight is 344 g/mol. The number of nitrogens with one attached hydrogen (secondary N) is 1. The highest BCUT2D eigenvalue weighted by Crippen LogP contribution is 2.40. The Morgan fingerprint density at radius 3 is 2.04 bits per heavy atom. The van der Waals surface area contributed by atoms with Crippen molar-refractivity contribution in [2.75, 3.05) is 0 Å². The molecule has 0 radical (unpaired) electrons. The van der Waals surface area contributed by atoms with Gasteiger partial charge in [-0.2, -0.15) is 5.10 Å². The summed E-state index contributed by atoms with van der Waals surface area (Å²) in [5.41, 5.74) is 9.44. The van der Waals surface area contributed by atoms with Gasteiger partial charge in [0.15, 0.2) is 0 Å². The van der Waals surface area contributed by atoms with Crippen LogP contribution in [0.25, 0.3) is 11.1 Å². The van der Waals surface area contributed by atoms with Crippen LogP contribution < -0.4 is 5.43 Å². The number of rotatable bonds is 3. The normalized spacial score (nSPS) is 19.4. The van der Waals surface area contributed by atoms with Gasteiger partial charge in [0.25, 0.3) is 0 Å². The summed E-state index contributed by atoms with van der Waals surface area (Å²) in [7, 11) is 0. The second-order valence-corrected chi connectivity index (χ2v) is 7.88. The molecule has 25 heavy (non-hydrogen) atoms. The van der Waals surface area contributed by atoms with Gasteiger partial charge in [-0.25, -0.2) is 0 Å². The fourth-order valence-electron chi connectivity index (χ4n) is 2.95. The van der Waals surface area contributed by atoms with Crippen LogP contribution in [0.5, 0.6) is 0 Å². The number of aryl methyl sites for hydroxylation is 1. The van der Waals surface area contributed by atoms with Crippen molar-refractivity contribution in [3.63, 3.8) is 0 Å². The largest absolute Gasteiger partial charge is 0.288 e. The number of benzene rings is 3. The van der Waals surface area contributed by atoms with Gasteiger partial charge in [0.1, 0.15) is 9.91 Å². The second-order valence-electron chi connectivity index (χ2n) is 6.47. The van der Waals surface area contributed by atoms with Crippen molar-refractivity contribution < 1.29 is 0 Å². The first-order chi connectivity index (χ1) is 12.1. The third kappa shape index (κ3) is 3.20. The van der Waals surface area contributed by atoms with E-state index in [1.165, 1.54) is 22.3 Å². The van der Waals surface area contributed by atoms with Crippen LogP contribution in [0.15, 0.2) is 84.0 Å². The molecule has 0 aliphatic carbocycles. The van der Waals surface area contributed by atoms with E-state index in [1.807, 2.05) is 6.07 Å². The quantitative estimate of drug-likeness (QED) is 0.675. The summed E-state index contributed by atoms with van der Waals surface area (Å²) in [6, 6.07) is 27.7. The molecule has 1 atom stereocenters. The highest BCUT2D eigenvalue weighted by atomic mass is 32.2. The zero-order valence-corrected chi connectivity index (χ0v) is 15.2. The zero-order chi connectivity index (χ0) is 17.3. The minimum Gasteiger partial charge on any atom is -0.288 e. The summed E-state index contributed by atoms with van der Waals surface area (Å²) >= 11 is 1.77. The van der Waals surface area contributed by atoms with Crippen LogP contribution in [0.2, 0.25) is 0 Å². The molecule has 3 aromatic rings. The molecule has 0 saturated carbocycles. The van der Waals surface area contributed by atoms with E-state index in [-0.39, 0.29) is 4.87 Å². The van der Waals surface area contributed by atoms with Crippen molar-refractivity contribution in [1.29, 1.82) is 0 Å². The molecule has 1 aliphatic heterocycles. The maximum absolute atomic E-state index is 4.58. The molecule has 124 valence electrons. The smallest absolute Gasteiger partial charge is 0.128 e. The fraction of sp³-hybridized carbons (Fsp3) is 0.136. The van der Waals surface area contributed by atoms with Crippen LogP contribution in [0, 0.1) is 6.92 Å². The summed E-state index contributed by atoms with van der Waals surface area (Å²) in [4.78, 5) is -0.241. The molecule has 0 saturated heterocycles. The lowest BCUT2D eigenvalue weighted by atomic mass is 10.0. The van der Waals surface area contributed by atoms with E-state index >= 15 is 0 Å². The molecule has 0 fully saturated rings. The Hall–Kier alpha value is -2.52. The number of hydrazone groups is 1. The molecule has 1 unspecified atom stereocenters. The Labute approximate surface area is 153 Å². The number of nitrogens with zero attached hydrogens (tertiary/aromatic N) is 1. The summed E-state index contributed by atoms with van der Waals surface area (Å²) in [5.74, 6) is 0. The molecule has 4 rings (SSSR count). The van der Waals surface area contributed by atoms with Gasteiger partial charge < -0.3 is 0 Å². The van der Waals surface area contributed by atoms with Gasteiger partial charge >= 0.3 is 0 Å². The molecule has 0 aromatic heterocycles. The first-order valence-electron chi connectivity index (χ1n) is 8.41. The minimum absolute atomic E-state index is 0.241. The SMILES string of the molecule is Cc1ccc(C2=NNC(C)(c3ccc(-c4ccccc4)cc3)S2)cc1. The van der Waals surface area contributed by atoms with Crippen LogP contribution >= 0.6 is 11.8 Å². The van der Waals surface area contributed by atoms with Crippen LogP contribution in [0.4, 0.5) is 0 Å². The standard InChI is InChI=1S/C22H20N2S/c1-16-8-10-19(11-9-16)21-23-24-22(2,25-21)20-14-12-18(13-15-20)17-6-4-3-5-7-17/h3-15,24H,1-2H3. The van der Waals surface area contributed by atoms with Gasteiger partial charge in [-0.1, -0.05) is 96.2 Å². The highest BCUT2D eigenvalue weighted by Gasteiger charge is 2.34. The van der Waals surface area contributed by atoms with Crippen molar-refractivity contribution in [2.24, 2.45) is 5.10 Å². The summed E-state index contributed by atoms with van der Waals surface area (Å²) in [6.45, 7) is 4.28. The lowest BCUT2D eigenvalue weighted by Gasteiger charge is -2.23. The molecule has 0 amide bonds. The van der Waals surface area contributed by atoms with Gasteiger partial charge in [-0.15, -0.1) is 0 Å². The summed E-state index contributed by atoms with van der Waals surface area (Å²) in [5, 5.41) is 5.61. The Balaban J connectivity index is 1.55. The van der Waals surface area contributed by atoms with Gasteiger partial charge in [0.2, 0.25) is 0 Å². The topological polar surface area (TPSA) is 24.4 Å². The second kappa shape index (κ2) is 6.41. The average Bonchev–Trinajstić information content (AvgIpc) is 3.07. The van der Waals surface area contributed by atoms with Gasteiger partial charge in [0.05, 0.1) is 0 Å². The predicted molar refractivity (Wildman–Crippen MR) is 108 cm³/mol. The van der Waals surface area contributed by atoms with E-state index in [9.17, 15) is 0 Å². The zero-order valence-electron chi connectivity index (χ0n) is 14.4. The Kier molecular flexibility index (Phi) is 4.10. The predicted octanol–water partition coefficient (Wildman–Crippen LogP) is 5.53. The van der Waals surface area contributed by atoms with E-state index < -0.39 is 0 Å². The highest BCUT2D eigenvalue weighted by molar-refractivity contribution is 8.15. The van der Waals surface area contributed by atoms with E-state index in [0.29, 0.717) is 0 Å². The molecule has 0 spiro atoms. The first kappa shape index (κ1) is 16.0. The lowest BCUT2D eigenvalue weighted by molar-refractivity contribution is 0.563. The van der Waals surface area contributed by atoms with Crippen LogP contribution in [-0.4, -0.2) is 5.04 Å². The van der Waals surface area contributed by atoms with E-state index in [2.05, 4.69) is 97.2 Å². The van der Waals surface area contributed by atoms with Crippen LogP contribution in [0.3, 0.4) is 0 Å². The van der Waals surface area contributed by atoms with Crippen LogP contribution in [-0.2, 0) is 4.87 Å². The van der Waals surface area contributed by atoms with Gasteiger partial charge in [-0.05, 0) is 30.5 Å². The van der Waals surface area contributed by atoms with Crippen molar-refractivity contribution in [2.45, 2.75) is 18.7 Å². The van der Waals surface area contributed by atoms with E-state index in [0.717, 1.165) is 10.6 Å². The molecule has 1 heterocycles. The molecular formula is C22H20N2S. The van der Waals surface area contributed by atoms with Crippen molar-refractivity contribution in [1.82, 2.24) is 5.43 Å². The Morgan fingerprint density at radius 2 is 1.36 bits per heavy atom. The van der Waals surface area contributed by atoms with E-state index in [4.69, 9.17) is 0 Å². The summed E-state index contributed by atoms with van der Waals surface area (Å²) in [6.07, 6.45) is 0. The molecule has 3 heteroatoms. The molecular weight excluding hydrogens is 324 g/mol. The summed E-state index contributed by atoms with van der Waals surface area (Å²) < 4.78 is 0. The molecule has 3 aromatic carbocycles. The first-order valence-corrected chi connectivity index (χ1v) is 9.23. The number of thioether (sulfide) groups is 1. The minimum atomic E-state index is -0.241. The Bertz CT molecular complexity index is 899. The molecule has 0 bridgehead atoms. The van der Waals surface area contributed by atoms with Crippen molar-refractivity contribution in [3.05, 3.63) is 95.6 Å². The number of hydrogen-bond acceptors (Lipinski definition) is 3. The monoisotopic (exact) mass is 344 g/mol. The molecule has 1 N–H and O–H groups in total. The number of hydrogen-bond donors (Lipinski definition) is 1. The Morgan fingerprint density at radius 1 is 0.760 bits per heavy atom. The van der Waals surface area contributed by atoms with Gasteiger partial charge in [0, 0.05) is 5.56 Å². The van der Waals surface area contributed by atoms with E-state index in [1.54, 1.807) is 11.8 Å². The fourth-order valence-corrected chi connectivity index (χ4v) is 4.03. The third-order valence-electron chi connectivity index (χ3n) is 4.51. The van der Waals surface area contributed by atoms with Crippen molar-refractivity contribution >= 4 is 16.8 Å². The maximum Gasteiger partial charge on any atom is 0.128 e. The molecule has 2 nitrogen and oxygen atoms in total. The third-order valence-corrected chi connectivity index (χ3v) is 5.77. The molecule has 1 aliphatic rings. The van der Waals surface area contributed by atoms with Crippen molar-refractivity contribution in [3.8, 4) is 11.1 Å². The van der Waals surface area contributed by atoms with Gasteiger partial charge in [-0.3, -0.25) is 5.43 Å². The lowest BCUT2D eigenvalue weighted by Crippen LogP contribution is -2.28.